The molecule has 350 valence electrons. The Bertz CT molecular complexity index is 3860. The van der Waals surface area contributed by atoms with Gasteiger partial charge in [-0.1, -0.05) is 173 Å². The fraction of sp³-hybridized carbons (Fsp3) is 0.294. The van der Waals surface area contributed by atoms with Crippen molar-refractivity contribution >= 4 is 51.4 Å². The summed E-state index contributed by atoms with van der Waals surface area (Å²) in [6.45, 7) is 28.9. The van der Waals surface area contributed by atoms with Crippen LogP contribution in [-0.2, 0) is 27.1 Å². The van der Waals surface area contributed by atoms with Gasteiger partial charge in [0.1, 0.15) is 0 Å². The summed E-state index contributed by atoms with van der Waals surface area (Å²) < 4.78 is 2.69. The topological polar surface area (TPSA) is 17.0 Å². The van der Waals surface area contributed by atoms with Gasteiger partial charge in [-0.25, -0.2) is 0 Å². The highest BCUT2D eigenvalue weighted by Gasteiger charge is 2.44. The van der Waals surface area contributed by atoms with Gasteiger partial charge in [0.15, 0.2) is 7.28 Å². The summed E-state index contributed by atoms with van der Waals surface area (Å²) in [5.74, 6) is 0.342. The zero-order valence-electron chi connectivity index (χ0n) is 43.8. The van der Waals surface area contributed by atoms with Crippen LogP contribution >= 0.6 is 0 Å². The molecule has 1 aromatic heterocycles. The summed E-state index contributed by atoms with van der Waals surface area (Å²) in [4.78, 5) is 0. The minimum absolute atomic E-state index is 0.0711. The maximum atomic E-state index is 4.09. The Morgan fingerprint density at radius 3 is 1.89 bits per heavy atom. The quantitative estimate of drug-likeness (QED) is 0.175. The van der Waals surface area contributed by atoms with Crippen LogP contribution in [0.1, 0.15) is 152 Å². The summed E-state index contributed by atoms with van der Waals surface area (Å²) in [6, 6.07) is 53.0. The van der Waals surface area contributed by atoms with Crippen molar-refractivity contribution < 1.29 is 0 Å². The lowest BCUT2D eigenvalue weighted by Crippen LogP contribution is -2.37. The molecule has 2 heterocycles. The van der Waals surface area contributed by atoms with Crippen molar-refractivity contribution in [3.63, 3.8) is 0 Å². The smallest absolute Gasteiger partial charge is 0.198 e. The molecule has 3 heteroatoms. The highest BCUT2D eigenvalue weighted by atomic mass is 15.0. The summed E-state index contributed by atoms with van der Waals surface area (Å²) in [6.07, 6.45) is 2.40. The Labute approximate surface area is 421 Å². The lowest BCUT2D eigenvalue weighted by atomic mass is 9.58. The van der Waals surface area contributed by atoms with Crippen molar-refractivity contribution in [3.8, 4) is 50.2 Å². The first-order chi connectivity index (χ1) is 33.7. The second kappa shape index (κ2) is 13.9. The van der Waals surface area contributed by atoms with Gasteiger partial charge < -0.3 is 9.88 Å². The van der Waals surface area contributed by atoms with E-state index in [1.807, 2.05) is 0 Å². The molecule has 71 heavy (non-hydrogen) atoms. The molecule has 8 aromatic carbocycles. The number of fused-ring (bicyclic) bond motifs is 15. The number of nitrogens with one attached hydrogen (secondary N) is 1. The standard InChI is InChI=1S/C68H65BN2/c1-37-40-17-13-14-18-41(40)46-33-60-51(29-45(37)46)44-26-25-43(62-63(44)71(60)61-36-55-49(32-58(61)69-62)42-19-15-16-20-52(42)67(55,9)10)50-30-47-48-31-56-57(66(7,8)28-27-65(56,5)6)34-53(48)68(11,12)54(47)35-59(50)70-39-23-21-38(22-24-39)64(2,3)4/h13-26,29-37,69-70H,27-28H2,1-12H3. The Balaban J connectivity index is 1.06. The van der Waals surface area contributed by atoms with Crippen molar-refractivity contribution in [1.29, 1.82) is 0 Å². The predicted octanol–water partition coefficient (Wildman–Crippen LogP) is 16.3. The SMILES string of the molecule is CC1c2ccccc2-c2cc3c(cc21)c1ccc(-c2cc4c(cc2Nc2ccc(C(C)(C)C)cc2)C(C)(C)c2cc5c(cc2-4)C(C)(C)CCC5(C)C)c2c1n3-c1cc3c(cc1B2)-c1ccccc1C3(C)C. The number of aromatic nitrogens is 1. The first-order valence-electron chi connectivity index (χ1n) is 26.5. The molecule has 4 aliphatic carbocycles. The van der Waals surface area contributed by atoms with E-state index in [0.717, 1.165) is 18.7 Å². The maximum Gasteiger partial charge on any atom is 0.198 e. The molecule has 2 nitrogen and oxygen atoms in total. The molecule has 1 aliphatic heterocycles. The Kier molecular flexibility index (Phi) is 8.45. The highest BCUT2D eigenvalue weighted by Crippen LogP contribution is 2.57. The van der Waals surface area contributed by atoms with Crippen molar-refractivity contribution in [2.24, 2.45) is 0 Å². The van der Waals surface area contributed by atoms with Crippen LogP contribution in [0.15, 0.2) is 133 Å². The molecule has 1 unspecified atom stereocenters. The second-order valence-corrected chi connectivity index (χ2v) is 25.7. The molecule has 0 spiro atoms. The number of hydrogen-bond donors (Lipinski definition) is 1. The van der Waals surface area contributed by atoms with Crippen LogP contribution in [-0.4, -0.2) is 11.8 Å². The van der Waals surface area contributed by atoms with E-state index in [1.54, 1.807) is 0 Å². The van der Waals surface area contributed by atoms with Crippen LogP contribution in [0.25, 0.3) is 72.0 Å². The van der Waals surface area contributed by atoms with Crippen LogP contribution in [0.5, 0.6) is 0 Å². The average molecular weight is 921 g/mol. The van der Waals surface area contributed by atoms with Crippen LogP contribution < -0.4 is 16.2 Å². The van der Waals surface area contributed by atoms with Gasteiger partial charge in [0, 0.05) is 55.7 Å². The predicted molar refractivity (Wildman–Crippen MR) is 304 cm³/mol. The highest BCUT2D eigenvalue weighted by molar-refractivity contribution is 6.73. The van der Waals surface area contributed by atoms with Crippen LogP contribution in [0.4, 0.5) is 11.4 Å². The third kappa shape index (κ3) is 5.78. The number of anilines is 2. The zero-order chi connectivity index (χ0) is 49.1. The fourth-order valence-electron chi connectivity index (χ4n) is 14.5. The maximum absolute atomic E-state index is 4.09. The normalized spacial score (nSPS) is 18.5. The summed E-state index contributed by atoms with van der Waals surface area (Å²) in [7, 11) is 0.850. The van der Waals surface area contributed by atoms with E-state index in [9.17, 15) is 0 Å². The second-order valence-electron chi connectivity index (χ2n) is 25.7. The first-order valence-corrected chi connectivity index (χ1v) is 26.5. The van der Waals surface area contributed by atoms with Gasteiger partial charge in [-0.05, 0) is 172 Å². The molecular weight excluding hydrogens is 856 g/mol. The monoisotopic (exact) mass is 921 g/mol. The Morgan fingerprint density at radius 1 is 0.507 bits per heavy atom. The number of rotatable bonds is 3. The van der Waals surface area contributed by atoms with Crippen LogP contribution in [0, 0.1) is 0 Å². The van der Waals surface area contributed by atoms with Crippen LogP contribution in [0.2, 0.25) is 0 Å². The minimum Gasteiger partial charge on any atom is -0.355 e. The fourth-order valence-corrected chi connectivity index (χ4v) is 14.5. The molecule has 0 bridgehead atoms. The van der Waals surface area contributed by atoms with Gasteiger partial charge >= 0.3 is 0 Å². The Hall–Kier alpha value is -6.58. The van der Waals surface area contributed by atoms with Crippen molar-refractivity contribution in [2.75, 3.05) is 5.32 Å². The van der Waals surface area contributed by atoms with E-state index in [2.05, 4.69) is 226 Å². The van der Waals surface area contributed by atoms with Gasteiger partial charge in [0.05, 0.1) is 5.52 Å². The largest absolute Gasteiger partial charge is 0.355 e. The molecule has 9 aromatic rings. The lowest BCUT2D eigenvalue weighted by molar-refractivity contribution is 0.331. The lowest BCUT2D eigenvalue weighted by Gasteiger charge is -2.42. The summed E-state index contributed by atoms with van der Waals surface area (Å²) in [5, 5.41) is 6.78. The number of hydrogen-bond acceptors (Lipinski definition) is 1. The van der Waals surface area contributed by atoms with Gasteiger partial charge in [-0.2, -0.15) is 0 Å². The van der Waals surface area contributed by atoms with E-state index in [4.69, 9.17) is 0 Å². The molecule has 1 N–H and O–H groups in total. The zero-order valence-corrected chi connectivity index (χ0v) is 43.8. The molecule has 0 saturated carbocycles. The van der Waals surface area contributed by atoms with Gasteiger partial charge in [-0.3, -0.25) is 0 Å². The van der Waals surface area contributed by atoms with Gasteiger partial charge in [-0.15, -0.1) is 0 Å². The third-order valence-corrected chi connectivity index (χ3v) is 18.9. The van der Waals surface area contributed by atoms with E-state index in [-0.39, 0.29) is 27.1 Å². The van der Waals surface area contributed by atoms with Crippen molar-refractivity contribution in [3.05, 3.63) is 184 Å². The average Bonchev–Trinajstić information content (AvgIpc) is 3.97. The van der Waals surface area contributed by atoms with Crippen molar-refractivity contribution in [1.82, 2.24) is 4.57 Å². The van der Waals surface area contributed by atoms with E-state index >= 15 is 0 Å². The van der Waals surface area contributed by atoms with Gasteiger partial charge in [0.2, 0.25) is 0 Å². The van der Waals surface area contributed by atoms with E-state index in [0.29, 0.717) is 5.92 Å². The molecule has 0 radical (unpaired) electrons. The van der Waals surface area contributed by atoms with E-state index < -0.39 is 0 Å². The minimum atomic E-state index is -0.174. The van der Waals surface area contributed by atoms with Crippen molar-refractivity contribution in [2.45, 2.75) is 129 Å². The summed E-state index contributed by atoms with van der Waals surface area (Å²) in [5.41, 5.74) is 32.9. The summed E-state index contributed by atoms with van der Waals surface area (Å²) >= 11 is 0. The number of benzene rings is 8. The third-order valence-electron chi connectivity index (χ3n) is 18.9. The molecule has 0 saturated heterocycles. The molecule has 1 atom stereocenters. The molecule has 5 aliphatic rings. The molecule has 0 fully saturated rings. The molecule has 0 amide bonds. The van der Waals surface area contributed by atoms with Crippen LogP contribution in [0.3, 0.4) is 0 Å². The molecular formula is C68H65BN2. The van der Waals surface area contributed by atoms with Gasteiger partial charge in [0.25, 0.3) is 0 Å². The number of nitrogens with zero attached hydrogens (tertiary/aromatic N) is 1. The Morgan fingerprint density at radius 2 is 1.14 bits per heavy atom. The van der Waals surface area contributed by atoms with E-state index in [1.165, 1.54) is 146 Å². The first kappa shape index (κ1) is 43.2. The molecule has 14 rings (SSSR count).